The van der Waals surface area contributed by atoms with Crippen molar-refractivity contribution < 1.29 is 0 Å². The van der Waals surface area contributed by atoms with Gasteiger partial charge in [-0.05, 0) is 62.9 Å². The highest BCUT2D eigenvalue weighted by Crippen LogP contribution is 2.33. The van der Waals surface area contributed by atoms with Crippen molar-refractivity contribution in [3.05, 3.63) is 0 Å². The lowest BCUT2D eigenvalue weighted by atomic mass is 10.1. The zero-order chi connectivity index (χ0) is 10.7. The molecule has 0 aromatic heterocycles. The quantitative estimate of drug-likeness (QED) is 0.665. The molecule has 0 spiro atoms. The molecule has 2 aliphatic carbocycles. The van der Waals surface area contributed by atoms with Crippen molar-refractivity contribution in [3.8, 4) is 0 Å². The zero-order valence-corrected chi connectivity index (χ0v) is 10.1. The van der Waals surface area contributed by atoms with Crippen LogP contribution in [0.3, 0.4) is 0 Å². The fraction of sp³-hybridized carbons (Fsp3) is 1.00. The summed E-state index contributed by atoms with van der Waals surface area (Å²) in [6, 6.07) is 0. The van der Waals surface area contributed by atoms with E-state index in [0.29, 0.717) is 5.92 Å². The van der Waals surface area contributed by atoms with Crippen molar-refractivity contribution in [1.82, 2.24) is 4.90 Å². The molecule has 0 aliphatic heterocycles. The average molecular weight is 210 g/mol. The van der Waals surface area contributed by atoms with E-state index in [9.17, 15) is 0 Å². The van der Waals surface area contributed by atoms with Crippen molar-refractivity contribution in [2.24, 2.45) is 23.5 Å². The lowest BCUT2D eigenvalue weighted by Gasteiger charge is -2.23. The van der Waals surface area contributed by atoms with Gasteiger partial charge in [0.2, 0.25) is 0 Å². The van der Waals surface area contributed by atoms with E-state index in [1.54, 1.807) is 0 Å². The van der Waals surface area contributed by atoms with E-state index in [4.69, 9.17) is 5.73 Å². The highest BCUT2D eigenvalue weighted by molar-refractivity contribution is 4.82. The lowest BCUT2D eigenvalue weighted by molar-refractivity contribution is 0.237. The number of hydrogen-bond donors (Lipinski definition) is 1. The molecule has 2 nitrogen and oxygen atoms in total. The van der Waals surface area contributed by atoms with E-state index < -0.39 is 0 Å². The molecule has 0 heterocycles. The van der Waals surface area contributed by atoms with E-state index in [0.717, 1.165) is 18.4 Å². The van der Waals surface area contributed by atoms with E-state index in [-0.39, 0.29) is 0 Å². The Balaban J connectivity index is 1.65. The predicted molar refractivity (Wildman–Crippen MR) is 64.7 cm³/mol. The van der Waals surface area contributed by atoms with Crippen LogP contribution in [0.2, 0.25) is 0 Å². The van der Waals surface area contributed by atoms with Gasteiger partial charge >= 0.3 is 0 Å². The number of rotatable bonds is 8. The van der Waals surface area contributed by atoms with Crippen molar-refractivity contribution in [1.29, 1.82) is 0 Å². The maximum Gasteiger partial charge on any atom is 0.000978 e. The number of nitrogens with two attached hydrogens (primary N) is 1. The largest absolute Gasteiger partial charge is 0.330 e. The van der Waals surface area contributed by atoms with Crippen molar-refractivity contribution in [2.75, 3.05) is 26.2 Å². The van der Waals surface area contributed by atoms with E-state index in [1.165, 1.54) is 51.7 Å². The Morgan fingerprint density at radius 2 is 1.67 bits per heavy atom. The molecular formula is C13H26N2. The van der Waals surface area contributed by atoms with Crippen LogP contribution in [0.15, 0.2) is 0 Å². The second-order valence-electron chi connectivity index (χ2n) is 5.78. The summed E-state index contributed by atoms with van der Waals surface area (Å²) < 4.78 is 0. The summed E-state index contributed by atoms with van der Waals surface area (Å²) in [6.07, 6.45) is 7.21. The maximum absolute atomic E-state index is 5.67. The fourth-order valence-corrected chi connectivity index (χ4v) is 2.11. The van der Waals surface area contributed by atoms with Gasteiger partial charge in [-0.25, -0.2) is 0 Å². The molecule has 0 bridgehead atoms. The highest BCUT2D eigenvalue weighted by Gasteiger charge is 2.28. The second kappa shape index (κ2) is 5.31. The molecule has 0 radical (unpaired) electrons. The van der Waals surface area contributed by atoms with Gasteiger partial charge in [-0.15, -0.1) is 0 Å². The Hall–Kier alpha value is -0.0800. The molecule has 2 saturated carbocycles. The normalized spacial score (nSPS) is 23.4. The third-order valence-electron chi connectivity index (χ3n) is 3.77. The monoisotopic (exact) mass is 210 g/mol. The van der Waals surface area contributed by atoms with Crippen LogP contribution in [0, 0.1) is 17.8 Å². The second-order valence-corrected chi connectivity index (χ2v) is 5.78. The molecular weight excluding hydrogens is 184 g/mol. The predicted octanol–water partition coefficient (Wildman–Crippen LogP) is 2.09. The van der Waals surface area contributed by atoms with Gasteiger partial charge in [-0.1, -0.05) is 6.92 Å². The fourth-order valence-electron chi connectivity index (χ4n) is 2.11. The number of nitrogens with zero attached hydrogens (tertiary/aromatic N) is 1. The summed E-state index contributed by atoms with van der Waals surface area (Å²) >= 11 is 0. The average Bonchev–Trinajstić information content (AvgIpc) is 3.08. The molecule has 88 valence electrons. The summed E-state index contributed by atoms with van der Waals surface area (Å²) in [5, 5.41) is 0. The Bertz CT molecular complexity index is 171. The highest BCUT2D eigenvalue weighted by atomic mass is 15.1. The minimum atomic E-state index is 0.700. The molecule has 0 saturated heterocycles. The van der Waals surface area contributed by atoms with Gasteiger partial charge in [0.05, 0.1) is 0 Å². The van der Waals surface area contributed by atoms with Crippen LogP contribution >= 0.6 is 0 Å². The standard InChI is InChI=1S/C13H26N2/c1-11(8-14)6-7-15(9-12-2-3-12)10-13-4-5-13/h11-13H,2-10,14H2,1H3. The molecule has 1 atom stereocenters. The topological polar surface area (TPSA) is 29.3 Å². The smallest absolute Gasteiger partial charge is 0.000978 e. The molecule has 0 aromatic carbocycles. The minimum absolute atomic E-state index is 0.700. The van der Waals surface area contributed by atoms with Crippen LogP contribution in [-0.4, -0.2) is 31.1 Å². The van der Waals surface area contributed by atoms with Crippen molar-refractivity contribution in [2.45, 2.75) is 39.0 Å². The molecule has 2 rings (SSSR count). The third-order valence-corrected chi connectivity index (χ3v) is 3.77. The van der Waals surface area contributed by atoms with Crippen molar-refractivity contribution in [3.63, 3.8) is 0 Å². The van der Waals surface area contributed by atoms with Crippen LogP contribution in [0.5, 0.6) is 0 Å². The Labute approximate surface area is 94.2 Å². The van der Waals surface area contributed by atoms with Crippen LogP contribution in [0.4, 0.5) is 0 Å². The molecule has 2 fully saturated rings. The number of hydrogen-bond acceptors (Lipinski definition) is 2. The van der Waals surface area contributed by atoms with E-state index in [2.05, 4.69) is 11.8 Å². The molecule has 2 N–H and O–H groups in total. The first-order valence-corrected chi connectivity index (χ1v) is 6.70. The third kappa shape index (κ3) is 4.52. The van der Waals surface area contributed by atoms with Crippen LogP contribution in [0.25, 0.3) is 0 Å². The molecule has 2 aliphatic rings. The van der Waals surface area contributed by atoms with Crippen LogP contribution in [-0.2, 0) is 0 Å². The SMILES string of the molecule is CC(CN)CCN(CC1CC1)CC1CC1. The summed E-state index contributed by atoms with van der Waals surface area (Å²) in [5.41, 5.74) is 5.67. The Morgan fingerprint density at radius 1 is 1.13 bits per heavy atom. The molecule has 2 heteroatoms. The first kappa shape index (κ1) is 11.4. The van der Waals surface area contributed by atoms with Gasteiger partial charge < -0.3 is 10.6 Å². The minimum Gasteiger partial charge on any atom is -0.330 e. The summed E-state index contributed by atoms with van der Waals surface area (Å²) in [6.45, 7) is 7.14. The van der Waals surface area contributed by atoms with Gasteiger partial charge in [-0.2, -0.15) is 0 Å². The summed E-state index contributed by atoms with van der Waals surface area (Å²) in [5.74, 6) is 2.78. The first-order valence-electron chi connectivity index (χ1n) is 6.70. The molecule has 0 aromatic rings. The van der Waals surface area contributed by atoms with Crippen molar-refractivity contribution >= 4 is 0 Å². The van der Waals surface area contributed by atoms with Gasteiger partial charge in [-0.3, -0.25) is 0 Å². The molecule has 1 unspecified atom stereocenters. The first-order chi connectivity index (χ1) is 7.28. The summed E-state index contributed by atoms with van der Waals surface area (Å²) in [4.78, 5) is 2.71. The Morgan fingerprint density at radius 3 is 2.07 bits per heavy atom. The van der Waals surface area contributed by atoms with Crippen LogP contribution < -0.4 is 5.73 Å². The van der Waals surface area contributed by atoms with Crippen LogP contribution in [0.1, 0.15) is 39.0 Å². The molecule has 15 heavy (non-hydrogen) atoms. The Kier molecular flexibility index (Phi) is 4.04. The van der Waals surface area contributed by atoms with Gasteiger partial charge in [0, 0.05) is 13.1 Å². The lowest BCUT2D eigenvalue weighted by Crippen LogP contribution is -2.31. The summed E-state index contributed by atoms with van der Waals surface area (Å²) in [7, 11) is 0. The zero-order valence-electron chi connectivity index (χ0n) is 10.1. The molecule has 0 amide bonds. The van der Waals surface area contributed by atoms with E-state index in [1.807, 2.05) is 0 Å². The van der Waals surface area contributed by atoms with Gasteiger partial charge in [0.25, 0.3) is 0 Å². The maximum atomic E-state index is 5.67. The van der Waals surface area contributed by atoms with Gasteiger partial charge in [0.15, 0.2) is 0 Å². The van der Waals surface area contributed by atoms with E-state index >= 15 is 0 Å². The van der Waals surface area contributed by atoms with Gasteiger partial charge in [0.1, 0.15) is 0 Å².